The zero-order valence-corrected chi connectivity index (χ0v) is 18.5. The highest BCUT2D eigenvalue weighted by Crippen LogP contribution is 2.57. The first-order valence-electron chi connectivity index (χ1n) is 8.67. The van der Waals surface area contributed by atoms with Crippen LogP contribution in [0.25, 0.3) is 0 Å². The molecule has 0 radical (unpaired) electrons. The van der Waals surface area contributed by atoms with E-state index in [1.807, 2.05) is 24.3 Å². The molecular weight excluding hydrogens is 586 g/mol. The second-order valence-corrected chi connectivity index (χ2v) is 9.57. The molecule has 5 rings (SSSR count). The lowest BCUT2D eigenvalue weighted by atomic mass is 9.59. The van der Waals surface area contributed by atoms with Gasteiger partial charge in [0.05, 0.1) is 35.0 Å². The van der Waals surface area contributed by atoms with E-state index in [0.29, 0.717) is 11.4 Å². The number of carbonyl (C=O) groups excluding carboxylic acids is 4. The summed E-state index contributed by atoms with van der Waals surface area (Å²) in [7, 11) is 0. The molecule has 0 aromatic heterocycles. The molecule has 4 amide bonds. The van der Waals surface area contributed by atoms with Crippen LogP contribution in [0.15, 0.2) is 48.5 Å². The molecule has 8 heteroatoms. The third-order valence-corrected chi connectivity index (χ3v) is 7.18. The highest BCUT2D eigenvalue weighted by atomic mass is 127. The number of hydrogen-bond donors (Lipinski definition) is 0. The van der Waals surface area contributed by atoms with Crippen molar-refractivity contribution in [1.29, 1.82) is 0 Å². The minimum absolute atomic E-state index is 0.386. The Kier molecular flexibility index (Phi) is 4.13. The van der Waals surface area contributed by atoms with Crippen LogP contribution in [0.1, 0.15) is 0 Å². The SMILES string of the molecule is O=C1C2C(C(=O)N1c1ccc(I)cc1)C1C(=O)N(c3ccc(I)cc3)C(=O)C21. The van der Waals surface area contributed by atoms with Gasteiger partial charge in [0.1, 0.15) is 0 Å². The van der Waals surface area contributed by atoms with Crippen LogP contribution in [0.5, 0.6) is 0 Å². The normalized spacial score (nSPS) is 28.5. The van der Waals surface area contributed by atoms with Crippen molar-refractivity contribution in [3.05, 3.63) is 55.7 Å². The summed E-state index contributed by atoms with van der Waals surface area (Å²) in [5, 5.41) is 0. The molecule has 2 aromatic rings. The van der Waals surface area contributed by atoms with E-state index in [0.717, 1.165) is 16.9 Å². The van der Waals surface area contributed by atoms with Gasteiger partial charge in [-0.05, 0) is 93.7 Å². The van der Waals surface area contributed by atoms with Gasteiger partial charge in [-0.2, -0.15) is 0 Å². The average molecular weight is 598 g/mol. The van der Waals surface area contributed by atoms with Gasteiger partial charge in [-0.3, -0.25) is 29.0 Å². The Morgan fingerprint density at radius 3 is 1.00 bits per heavy atom. The lowest BCUT2D eigenvalue weighted by molar-refractivity contribution is -0.146. The molecule has 1 aliphatic carbocycles. The topological polar surface area (TPSA) is 74.8 Å². The Morgan fingerprint density at radius 2 is 0.750 bits per heavy atom. The minimum atomic E-state index is -0.748. The monoisotopic (exact) mass is 598 g/mol. The Bertz CT molecular complexity index is 917. The number of amides is 4. The number of imide groups is 2. The largest absolute Gasteiger partial charge is 0.274 e. The van der Waals surface area contributed by atoms with Crippen molar-refractivity contribution in [1.82, 2.24) is 0 Å². The number of halogens is 2. The summed E-state index contributed by atoms with van der Waals surface area (Å²) >= 11 is 4.29. The van der Waals surface area contributed by atoms with Crippen LogP contribution in [0, 0.1) is 30.8 Å². The molecule has 140 valence electrons. The number of benzene rings is 2. The van der Waals surface area contributed by atoms with Crippen molar-refractivity contribution in [3.63, 3.8) is 0 Å². The maximum absolute atomic E-state index is 13.0. The molecule has 2 aromatic carbocycles. The van der Waals surface area contributed by atoms with Crippen molar-refractivity contribution < 1.29 is 19.2 Å². The van der Waals surface area contributed by atoms with E-state index in [9.17, 15) is 19.2 Å². The second-order valence-electron chi connectivity index (χ2n) is 7.08. The molecule has 28 heavy (non-hydrogen) atoms. The zero-order valence-electron chi connectivity index (χ0n) is 14.2. The fourth-order valence-corrected chi connectivity index (χ4v) is 5.20. The lowest BCUT2D eigenvalue weighted by Gasteiger charge is -2.36. The third-order valence-electron chi connectivity index (χ3n) is 5.74. The Hall–Kier alpha value is -1.82. The van der Waals surface area contributed by atoms with Gasteiger partial charge in [-0.15, -0.1) is 0 Å². The third kappa shape index (κ3) is 2.36. The Morgan fingerprint density at radius 1 is 0.500 bits per heavy atom. The van der Waals surface area contributed by atoms with E-state index in [4.69, 9.17) is 0 Å². The van der Waals surface area contributed by atoms with Crippen molar-refractivity contribution in [2.75, 3.05) is 9.80 Å². The molecule has 0 bridgehead atoms. The van der Waals surface area contributed by atoms with Crippen LogP contribution in [0.3, 0.4) is 0 Å². The van der Waals surface area contributed by atoms with E-state index >= 15 is 0 Å². The summed E-state index contributed by atoms with van der Waals surface area (Å²) in [6.45, 7) is 0. The lowest BCUT2D eigenvalue weighted by Crippen LogP contribution is -2.50. The summed E-state index contributed by atoms with van der Waals surface area (Å²) in [6, 6.07) is 14.1. The van der Waals surface area contributed by atoms with E-state index in [1.54, 1.807) is 24.3 Å². The molecule has 0 unspecified atom stereocenters. The van der Waals surface area contributed by atoms with Gasteiger partial charge in [0.25, 0.3) is 0 Å². The number of nitrogens with zero attached hydrogens (tertiary/aromatic N) is 2. The van der Waals surface area contributed by atoms with Crippen LogP contribution < -0.4 is 9.80 Å². The molecule has 0 N–H and O–H groups in total. The molecule has 0 atom stereocenters. The number of fused-ring (bicyclic) bond motifs is 4. The predicted octanol–water partition coefficient (Wildman–Crippen LogP) is 2.82. The van der Waals surface area contributed by atoms with E-state index in [-0.39, 0.29) is 23.6 Å². The smallest absolute Gasteiger partial charge is 0.238 e. The fraction of sp³-hybridized carbons (Fsp3) is 0.200. The van der Waals surface area contributed by atoms with Gasteiger partial charge in [0, 0.05) is 7.14 Å². The first-order valence-corrected chi connectivity index (χ1v) is 10.8. The summed E-state index contributed by atoms with van der Waals surface area (Å²) in [4.78, 5) is 54.1. The Labute approximate surface area is 187 Å². The van der Waals surface area contributed by atoms with Crippen molar-refractivity contribution in [3.8, 4) is 0 Å². The van der Waals surface area contributed by atoms with Gasteiger partial charge < -0.3 is 0 Å². The Balaban J connectivity index is 1.48. The van der Waals surface area contributed by atoms with Crippen LogP contribution in [0.4, 0.5) is 11.4 Å². The van der Waals surface area contributed by atoms with E-state index in [1.165, 1.54) is 0 Å². The second kappa shape index (κ2) is 6.34. The van der Waals surface area contributed by atoms with Crippen LogP contribution in [0.2, 0.25) is 0 Å². The van der Waals surface area contributed by atoms with Crippen molar-refractivity contribution in [2.45, 2.75) is 0 Å². The summed E-state index contributed by atoms with van der Waals surface area (Å²) in [6.07, 6.45) is 0. The van der Waals surface area contributed by atoms with Crippen LogP contribution >= 0.6 is 45.2 Å². The van der Waals surface area contributed by atoms with E-state index in [2.05, 4.69) is 45.2 Å². The van der Waals surface area contributed by atoms with Gasteiger partial charge in [-0.25, -0.2) is 0 Å². The van der Waals surface area contributed by atoms with Crippen LogP contribution in [-0.2, 0) is 19.2 Å². The highest BCUT2D eigenvalue weighted by Gasteiger charge is 2.73. The molecule has 3 fully saturated rings. The summed E-state index contributed by atoms with van der Waals surface area (Å²) in [5.74, 6) is -4.54. The molecule has 2 heterocycles. The van der Waals surface area contributed by atoms with Gasteiger partial charge in [0.2, 0.25) is 23.6 Å². The number of carbonyl (C=O) groups is 4. The maximum atomic E-state index is 13.0. The number of anilines is 2. The molecule has 0 spiro atoms. The van der Waals surface area contributed by atoms with E-state index < -0.39 is 23.7 Å². The maximum Gasteiger partial charge on any atom is 0.238 e. The molecular formula is C20H12I2N2O4. The summed E-state index contributed by atoms with van der Waals surface area (Å²) < 4.78 is 1.97. The molecule has 2 saturated heterocycles. The molecule has 2 aliphatic heterocycles. The fourth-order valence-electron chi connectivity index (χ4n) is 4.48. The van der Waals surface area contributed by atoms with Gasteiger partial charge in [0.15, 0.2) is 0 Å². The first-order chi connectivity index (χ1) is 13.4. The number of hydrogen-bond acceptors (Lipinski definition) is 4. The van der Waals surface area contributed by atoms with Crippen molar-refractivity contribution in [2.24, 2.45) is 23.7 Å². The standard InChI is InChI=1S/C20H12I2N2O4/c21-9-1-5-11(6-2-9)23-17(25)13-14(18(23)26)16-15(13)19(27)24(20(16)28)12-7-3-10(22)4-8-12/h1-8,13-16H. The quantitative estimate of drug-likeness (QED) is 0.394. The summed E-state index contributed by atoms with van der Waals surface area (Å²) in [5.41, 5.74) is 0.967. The minimum Gasteiger partial charge on any atom is -0.274 e. The van der Waals surface area contributed by atoms with Gasteiger partial charge in [-0.1, -0.05) is 0 Å². The molecule has 6 nitrogen and oxygen atoms in total. The highest BCUT2D eigenvalue weighted by molar-refractivity contribution is 14.1. The van der Waals surface area contributed by atoms with Crippen LogP contribution in [-0.4, -0.2) is 23.6 Å². The van der Waals surface area contributed by atoms with Crippen molar-refractivity contribution >= 4 is 80.2 Å². The average Bonchev–Trinajstić information content (AvgIpc) is 2.96. The molecule has 3 aliphatic rings. The zero-order chi connectivity index (χ0) is 19.7. The van der Waals surface area contributed by atoms with Gasteiger partial charge >= 0.3 is 0 Å². The molecule has 1 saturated carbocycles. The number of rotatable bonds is 2. The first kappa shape index (κ1) is 18.2. The predicted molar refractivity (Wildman–Crippen MR) is 117 cm³/mol.